The minimum atomic E-state index is -0.448. The number of nitrogens with one attached hydrogen (secondary N) is 1. The van der Waals surface area contributed by atoms with Crippen molar-refractivity contribution in [2.75, 3.05) is 12.4 Å². The number of rotatable bonds is 6. The predicted octanol–water partition coefficient (Wildman–Crippen LogP) is 5.04. The molecule has 3 rings (SSSR count). The molecular weight excluding hydrogens is 310 g/mol. The molecule has 0 aromatic heterocycles. The van der Waals surface area contributed by atoms with Crippen molar-refractivity contribution in [1.82, 2.24) is 0 Å². The van der Waals surface area contributed by atoms with Gasteiger partial charge >= 0.3 is 0 Å². The van der Waals surface area contributed by atoms with E-state index in [9.17, 15) is 4.79 Å². The van der Waals surface area contributed by atoms with Crippen LogP contribution in [-0.4, -0.2) is 12.9 Å². The predicted molar refractivity (Wildman–Crippen MR) is 101 cm³/mol. The van der Waals surface area contributed by atoms with Gasteiger partial charge < -0.3 is 10.1 Å². The van der Waals surface area contributed by atoms with E-state index in [1.165, 1.54) is 5.56 Å². The SMILES string of the molecule is COc1ccc(N[C@H](C(=O)c2ccccc2)c2ccc(C)cc2)cc1. The molecule has 1 atom stereocenters. The Morgan fingerprint density at radius 1 is 0.880 bits per heavy atom. The maximum Gasteiger partial charge on any atom is 0.189 e. The summed E-state index contributed by atoms with van der Waals surface area (Å²) in [7, 11) is 1.64. The number of carbonyl (C=O) groups excluding carboxylic acids is 1. The summed E-state index contributed by atoms with van der Waals surface area (Å²) in [6.07, 6.45) is 0. The van der Waals surface area contributed by atoms with E-state index in [4.69, 9.17) is 4.74 Å². The smallest absolute Gasteiger partial charge is 0.189 e. The summed E-state index contributed by atoms with van der Waals surface area (Å²) in [5.74, 6) is 0.826. The Labute approximate surface area is 148 Å². The molecule has 0 amide bonds. The Hall–Kier alpha value is -3.07. The quantitative estimate of drug-likeness (QED) is 0.643. The van der Waals surface area contributed by atoms with Gasteiger partial charge in [-0.2, -0.15) is 0 Å². The summed E-state index contributed by atoms with van der Waals surface area (Å²) in [4.78, 5) is 13.1. The molecule has 0 spiro atoms. The molecule has 3 aromatic carbocycles. The van der Waals surface area contributed by atoms with E-state index in [2.05, 4.69) is 5.32 Å². The molecule has 0 radical (unpaired) electrons. The number of ketones is 1. The molecule has 3 heteroatoms. The molecule has 1 N–H and O–H groups in total. The van der Waals surface area contributed by atoms with E-state index < -0.39 is 6.04 Å². The van der Waals surface area contributed by atoms with E-state index in [1.54, 1.807) is 7.11 Å². The zero-order chi connectivity index (χ0) is 17.6. The van der Waals surface area contributed by atoms with E-state index in [0.29, 0.717) is 5.56 Å². The van der Waals surface area contributed by atoms with Gasteiger partial charge in [-0.1, -0.05) is 60.2 Å². The fourth-order valence-electron chi connectivity index (χ4n) is 2.68. The number of Topliss-reactive ketones (excluding diaryl/α,β-unsaturated/α-hetero) is 1. The fourth-order valence-corrected chi connectivity index (χ4v) is 2.68. The van der Waals surface area contributed by atoms with Crippen LogP contribution in [0.3, 0.4) is 0 Å². The number of hydrogen-bond acceptors (Lipinski definition) is 3. The first-order chi connectivity index (χ1) is 12.2. The monoisotopic (exact) mass is 331 g/mol. The first kappa shape index (κ1) is 16.8. The van der Waals surface area contributed by atoms with Crippen molar-refractivity contribution < 1.29 is 9.53 Å². The van der Waals surface area contributed by atoms with E-state index >= 15 is 0 Å². The molecule has 3 aromatic rings. The lowest BCUT2D eigenvalue weighted by molar-refractivity contribution is 0.0969. The average Bonchev–Trinajstić information content (AvgIpc) is 2.67. The Morgan fingerprint density at radius 2 is 1.52 bits per heavy atom. The molecule has 25 heavy (non-hydrogen) atoms. The van der Waals surface area contributed by atoms with Crippen LogP contribution in [0.15, 0.2) is 78.9 Å². The first-order valence-electron chi connectivity index (χ1n) is 8.24. The lowest BCUT2D eigenvalue weighted by Gasteiger charge is -2.20. The zero-order valence-corrected chi connectivity index (χ0v) is 14.4. The minimum Gasteiger partial charge on any atom is -0.497 e. The van der Waals surface area contributed by atoms with Crippen LogP contribution in [0.4, 0.5) is 5.69 Å². The van der Waals surface area contributed by atoms with Gasteiger partial charge in [0.1, 0.15) is 11.8 Å². The van der Waals surface area contributed by atoms with E-state index in [0.717, 1.165) is 17.0 Å². The topological polar surface area (TPSA) is 38.3 Å². The van der Waals surface area contributed by atoms with Crippen LogP contribution in [0.5, 0.6) is 5.75 Å². The van der Waals surface area contributed by atoms with Crippen LogP contribution < -0.4 is 10.1 Å². The molecule has 3 nitrogen and oxygen atoms in total. The Balaban J connectivity index is 1.93. The number of benzene rings is 3. The van der Waals surface area contributed by atoms with Gasteiger partial charge in [-0.15, -0.1) is 0 Å². The largest absolute Gasteiger partial charge is 0.497 e. The Bertz CT molecular complexity index is 824. The molecule has 0 heterocycles. The van der Waals surface area contributed by atoms with Crippen LogP contribution in [0.1, 0.15) is 27.5 Å². The molecule has 0 bridgehead atoms. The van der Waals surface area contributed by atoms with Gasteiger partial charge in [0, 0.05) is 11.3 Å². The molecular formula is C22H21NO2. The third-order valence-electron chi connectivity index (χ3n) is 4.13. The molecule has 0 saturated heterocycles. The highest BCUT2D eigenvalue weighted by Crippen LogP contribution is 2.25. The second kappa shape index (κ2) is 7.67. The molecule has 126 valence electrons. The summed E-state index contributed by atoms with van der Waals surface area (Å²) in [5.41, 5.74) is 3.67. The number of methoxy groups -OCH3 is 1. The maximum atomic E-state index is 13.1. The van der Waals surface area contributed by atoms with Crippen LogP contribution in [0, 0.1) is 6.92 Å². The van der Waals surface area contributed by atoms with Gasteiger partial charge in [0.2, 0.25) is 0 Å². The standard InChI is InChI=1S/C22H21NO2/c1-16-8-10-17(11-9-16)21(22(24)18-6-4-3-5-7-18)23-19-12-14-20(25-2)15-13-19/h3-15,21,23H,1-2H3/t21-/m0/s1. The summed E-state index contributed by atoms with van der Waals surface area (Å²) < 4.78 is 5.19. The lowest BCUT2D eigenvalue weighted by atomic mass is 9.96. The number of ether oxygens (including phenoxy) is 1. The number of hydrogen-bond donors (Lipinski definition) is 1. The summed E-state index contributed by atoms with van der Waals surface area (Å²) in [6.45, 7) is 2.04. The highest BCUT2D eigenvalue weighted by molar-refractivity contribution is 6.02. The summed E-state index contributed by atoms with van der Waals surface area (Å²) in [5, 5.41) is 3.36. The first-order valence-corrected chi connectivity index (χ1v) is 8.24. The third kappa shape index (κ3) is 4.07. The van der Waals surface area contributed by atoms with Gasteiger partial charge in [0.25, 0.3) is 0 Å². The minimum absolute atomic E-state index is 0.0419. The molecule has 0 aliphatic rings. The Morgan fingerprint density at radius 3 is 2.12 bits per heavy atom. The van der Waals surface area contributed by atoms with Gasteiger partial charge in [-0.3, -0.25) is 4.79 Å². The van der Waals surface area contributed by atoms with Crippen molar-refractivity contribution in [3.63, 3.8) is 0 Å². The van der Waals surface area contributed by atoms with Gasteiger partial charge in [-0.25, -0.2) is 0 Å². The third-order valence-corrected chi connectivity index (χ3v) is 4.13. The van der Waals surface area contributed by atoms with Crippen molar-refractivity contribution >= 4 is 11.5 Å². The van der Waals surface area contributed by atoms with Gasteiger partial charge in [0.15, 0.2) is 5.78 Å². The van der Waals surface area contributed by atoms with Gasteiger partial charge in [-0.05, 0) is 36.8 Å². The lowest BCUT2D eigenvalue weighted by Crippen LogP contribution is -2.21. The van der Waals surface area contributed by atoms with Crippen molar-refractivity contribution in [2.45, 2.75) is 13.0 Å². The normalized spacial score (nSPS) is 11.6. The van der Waals surface area contributed by atoms with Crippen molar-refractivity contribution in [1.29, 1.82) is 0 Å². The highest BCUT2D eigenvalue weighted by Gasteiger charge is 2.21. The van der Waals surface area contributed by atoms with Crippen molar-refractivity contribution in [3.8, 4) is 5.75 Å². The number of aryl methyl sites for hydroxylation is 1. The summed E-state index contributed by atoms with van der Waals surface area (Å²) >= 11 is 0. The second-order valence-corrected chi connectivity index (χ2v) is 5.95. The maximum absolute atomic E-state index is 13.1. The zero-order valence-electron chi connectivity index (χ0n) is 14.4. The molecule has 0 unspecified atom stereocenters. The highest BCUT2D eigenvalue weighted by atomic mass is 16.5. The molecule has 0 saturated carbocycles. The van der Waals surface area contributed by atoms with Crippen LogP contribution >= 0.6 is 0 Å². The number of anilines is 1. The van der Waals surface area contributed by atoms with Gasteiger partial charge in [0.05, 0.1) is 7.11 Å². The van der Waals surface area contributed by atoms with Crippen LogP contribution in [0.2, 0.25) is 0 Å². The average molecular weight is 331 g/mol. The molecule has 0 fully saturated rings. The Kier molecular flexibility index (Phi) is 5.14. The van der Waals surface area contributed by atoms with Crippen molar-refractivity contribution in [2.24, 2.45) is 0 Å². The number of carbonyl (C=O) groups is 1. The summed E-state index contributed by atoms with van der Waals surface area (Å²) in [6, 6.07) is 24.5. The van der Waals surface area contributed by atoms with Crippen molar-refractivity contribution in [3.05, 3.63) is 95.6 Å². The second-order valence-electron chi connectivity index (χ2n) is 5.95. The molecule has 0 aliphatic carbocycles. The van der Waals surface area contributed by atoms with E-state index in [-0.39, 0.29) is 5.78 Å². The fraction of sp³-hybridized carbons (Fsp3) is 0.136. The van der Waals surface area contributed by atoms with Crippen LogP contribution in [-0.2, 0) is 0 Å². The molecule has 0 aliphatic heterocycles. The van der Waals surface area contributed by atoms with E-state index in [1.807, 2.05) is 85.8 Å². The van der Waals surface area contributed by atoms with Crippen LogP contribution in [0.25, 0.3) is 0 Å².